The first-order valence-corrected chi connectivity index (χ1v) is 15.0. The Hall–Kier alpha value is -6.13. The Labute approximate surface area is 259 Å². The zero-order valence-electron chi connectivity index (χ0n) is 24.2. The Balaban J connectivity index is 1.26. The van der Waals surface area contributed by atoms with E-state index in [-0.39, 0.29) is 0 Å². The van der Waals surface area contributed by atoms with Crippen LogP contribution in [0, 0.1) is 0 Å². The molecule has 210 valence electrons. The summed E-state index contributed by atoms with van der Waals surface area (Å²) in [6, 6.07) is 52.3. The summed E-state index contributed by atoms with van der Waals surface area (Å²) in [4.78, 5) is 15.2. The number of fused-ring (bicyclic) bond motifs is 5. The third-order valence-electron chi connectivity index (χ3n) is 8.48. The van der Waals surface area contributed by atoms with E-state index >= 15 is 0 Å². The summed E-state index contributed by atoms with van der Waals surface area (Å²) >= 11 is 0. The van der Waals surface area contributed by atoms with Gasteiger partial charge in [0, 0.05) is 27.5 Å². The molecule has 2 heterocycles. The van der Waals surface area contributed by atoms with E-state index in [1.54, 1.807) is 0 Å². The van der Waals surface area contributed by atoms with Gasteiger partial charge >= 0.3 is 0 Å². The highest BCUT2D eigenvalue weighted by atomic mass is 16.3. The first-order chi connectivity index (χ1) is 22.3. The van der Waals surface area contributed by atoms with Crippen LogP contribution in [0.3, 0.4) is 0 Å². The second kappa shape index (κ2) is 10.2. The molecule has 9 aromatic rings. The lowest BCUT2D eigenvalue weighted by Gasteiger charge is -2.10. The van der Waals surface area contributed by atoms with E-state index < -0.39 is 0 Å². The van der Waals surface area contributed by atoms with Gasteiger partial charge in [-0.2, -0.15) is 0 Å². The smallest absolute Gasteiger partial charge is 0.164 e. The summed E-state index contributed by atoms with van der Waals surface area (Å²) < 4.78 is 6.38. The molecule has 0 saturated heterocycles. The van der Waals surface area contributed by atoms with E-state index in [1.807, 2.05) is 48.5 Å². The van der Waals surface area contributed by atoms with Gasteiger partial charge in [-0.1, -0.05) is 121 Å². The van der Waals surface area contributed by atoms with E-state index in [0.29, 0.717) is 17.5 Å². The standard InChI is InChI=1S/C41H25N3O/c1-3-10-26(11-4-1)31-20-18-27-19-21-32(23-33(27)22-31)40-42-39(28-12-5-2-6-13-28)43-41(44-40)34-16-9-17-36-38(34)35-24-29-14-7-8-15-30(29)25-37(35)45-36/h1-25H. The van der Waals surface area contributed by atoms with Crippen molar-refractivity contribution in [3.8, 4) is 45.3 Å². The molecule has 4 nitrogen and oxygen atoms in total. The van der Waals surface area contributed by atoms with Gasteiger partial charge in [-0.15, -0.1) is 0 Å². The van der Waals surface area contributed by atoms with Crippen LogP contribution in [0.2, 0.25) is 0 Å². The fourth-order valence-corrected chi connectivity index (χ4v) is 6.24. The van der Waals surface area contributed by atoms with Gasteiger partial charge in [-0.3, -0.25) is 0 Å². The van der Waals surface area contributed by atoms with E-state index in [0.717, 1.165) is 60.2 Å². The van der Waals surface area contributed by atoms with Gasteiger partial charge in [0.15, 0.2) is 17.5 Å². The van der Waals surface area contributed by atoms with Crippen LogP contribution in [-0.4, -0.2) is 15.0 Å². The lowest BCUT2D eigenvalue weighted by molar-refractivity contribution is 0.669. The summed E-state index contributed by atoms with van der Waals surface area (Å²) in [7, 11) is 0. The number of hydrogen-bond acceptors (Lipinski definition) is 4. The van der Waals surface area contributed by atoms with Gasteiger partial charge in [0.05, 0.1) is 0 Å². The fourth-order valence-electron chi connectivity index (χ4n) is 6.24. The minimum Gasteiger partial charge on any atom is -0.456 e. The zero-order chi connectivity index (χ0) is 29.7. The molecule has 4 heteroatoms. The number of aromatic nitrogens is 3. The average Bonchev–Trinajstić information content (AvgIpc) is 3.48. The van der Waals surface area contributed by atoms with Crippen LogP contribution in [0.1, 0.15) is 0 Å². The Morgan fingerprint density at radius 1 is 0.356 bits per heavy atom. The summed E-state index contributed by atoms with van der Waals surface area (Å²) in [6.45, 7) is 0. The Morgan fingerprint density at radius 2 is 0.978 bits per heavy atom. The summed E-state index contributed by atoms with van der Waals surface area (Å²) in [6.07, 6.45) is 0. The molecule has 0 aliphatic rings. The van der Waals surface area contributed by atoms with Crippen molar-refractivity contribution in [2.45, 2.75) is 0 Å². The van der Waals surface area contributed by atoms with Gasteiger partial charge in [-0.05, 0) is 63.0 Å². The minimum absolute atomic E-state index is 0.610. The summed E-state index contributed by atoms with van der Waals surface area (Å²) in [5.74, 6) is 1.86. The summed E-state index contributed by atoms with van der Waals surface area (Å²) in [5.41, 5.74) is 6.79. The van der Waals surface area contributed by atoms with Crippen molar-refractivity contribution >= 4 is 43.5 Å². The molecule has 9 rings (SSSR count). The van der Waals surface area contributed by atoms with E-state index in [9.17, 15) is 0 Å². The molecule has 0 unspecified atom stereocenters. The molecule has 0 aliphatic carbocycles. The fraction of sp³-hybridized carbons (Fsp3) is 0. The molecule has 7 aromatic carbocycles. The number of hydrogen-bond donors (Lipinski definition) is 0. The van der Waals surface area contributed by atoms with Crippen LogP contribution in [0.15, 0.2) is 156 Å². The third-order valence-corrected chi connectivity index (χ3v) is 8.48. The maximum Gasteiger partial charge on any atom is 0.164 e. The number of benzene rings is 7. The van der Waals surface area contributed by atoms with Crippen molar-refractivity contribution in [2.75, 3.05) is 0 Å². The molecule has 2 aromatic heterocycles. The molecule has 0 saturated carbocycles. The largest absolute Gasteiger partial charge is 0.456 e. The molecular formula is C41H25N3O. The molecule has 0 atom stereocenters. The van der Waals surface area contributed by atoms with Gasteiger partial charge in [0.25, 0.3) is 0 Å². The molecule has 0 bridgehead atoms. The van der Waals surface area contributed by atoms with Gasteiger partial charge in [0.1, 0.15) is 11.2 Å². The maximum absolute atomic E-state index is 6.38. The molecule has 45 heavy (non-hydrogen) atoms. The monoisotopic (exact) mass is 575 g/mol. The molecular weight excluding hydrogens is 550 g/mol. The SMILES string of the molecule is c1ccc(-c2ccc3ccc(-c4nc(-c5ccccc5)nc(-c5cccc6oc7cc8ccccc8cc7c56)n4)cc3c2)cc1. The van der Waals surface area contributed by atoms with Gasteiger partial charge < -0.3 is 4.42 Å². The van der Waals surface area contributed by atoms with Crippen LogP contribution in [0.4, 0.5) is 0 Å². The minimum atomic E-state index is 0.610. The van der Waals surface area contributed by atoms with Crippen molar-refractivity contribution in [3.63, 3.8) is 0 Å². The lowest BCUT2D eigenvalue weighted by Crippen LogP contribution is -2.00. The first-order valence-electron chi connectivity index (χ1n) is 15.0. The van der Waals surface area contributed by atoms with Gasteiger partial charge in [0.2, 0.25) is 0 Å². The molecule has 0 amide bonds. The Bertz CT molecular complexity index is 2540. The topological polar surface area (TPSA) is 51.8 Å². The normalized spacial score (nSPS) is 11.6. The molecule has 0 radical (unpaired) electrons. The van der Waals surface area contributed by atoms with Crippen molar-refractivity contribution in [2.24, 2.45) is 0 Å². The second-order valence-corrected chi connectivity index (χ2v) is 11.3. The highest BCUT2D eigenvalue weighted by Gasteiger charge is 2.18. The predicted molar refractivity (Wildman–Crippen MR) is 184 cm³/mol. The van der Waals surface area contributed by atoms with Crippen molar-refractivity contribution in [3.05, 3.63) is 152 Å². The molecule has 0 spiro atoms. The Morgan fingerprint density at radius 3 is 1.76 bits per heavy atom. The highest BCUT2D eigenvalue weighted by Crippen LogP contribution is 2.38. The molecule has 0 aliphatic heterocycles. The van der Waals surface area contributed by atoms with Crippen molar-refractivity contribution in [1.82, 2.24) is 15.0 Å². The van der Waals surface area contributed by atoms with E-state index in [4.69, 9.17) is 19.4 Å². The second-order valence-electron chi connectivity index (χ2n) is 11.3. The number of furan rings is 1. The van der Waals surface area contributed by atoms with Crippen LogP contribution < -0.4 is 0 Å². The number of nitrogens with zero attached hydrogens (tertiary/aromatic N) is 3. The zero-order valence-corrected chi connectivity index (χ0v) is 24.2. The Kier molecular flexibility index (Phi) is 5.78. The third kappa shape index (κ3) is 4.43. The van der Waals surface area contributed by atoms with E-state index in [2.05, 4.69) is 103 Å². The van der Waals surface area contributed by atoms with Crippen LogP contribution >= 0.6 is 0 Å². The molecule has 0 N–H and O–H groups in total. The van der Waals surface area contributed by atoms with Gasteiger partial charge in [-0.25, -0.2) is 15.0 Å². The average molecular weight is 576 g/mol. The van der Waals surface area contributed by atoms with Crippen LogP contribution in [0.5, 0.6) is 0 Å². The number of rotatable bonds is 4. The van der Waals surface area contributed by atoms with Crippen molar-refractivity contribution < 1.29 is 4.42 Å². The lowest BCUT2D eigenvalue weighted by atomic mass is 9.99. The summed E-state index contributed by atoms with van der Waals surface area (Å²) in [5, 5.41) is 6.65. The van der Waals surface area contributed by atoms with Crippen LogP contribution in [0.25, 0.3) is 88.8 Å². The highest BCUT2D eigenvalue weighted by molar-refractivity contribution is 6.15. The van der Waals surface area contributed by atoms with Crippen molar-refractivity contribution in [1.29, 1.82) is 0 Å². The van der Waals surface area contributed by atoms with Crippen LogP contribution in [-0.2, 0) is 0 Å². The first kappa shape index (κ1) is 25.4. The quantitative estimate of drug-likeness (QED) is 0.209. The predicted octanol–water partition coefficient (Wildman–Crippen LogP) is 10.7. The maximum atomic E-state index is 6.38. The molecule has 0 fully saturated rings. The van der Waals surface area contributed by atoms with E-state index in [1.165, 1.54) is 11.1 Å².